The van der Waals surface area contributed by atoms with Gasteiger partial charge in [0.15, 0.2) is 0 Å². The highest BCUT2D eigenvalue weighted by Gasteiger charge is 2.11. The molecule has 0 radical (unpaired) electrons. The molecule has 0 aliphatic heterocycles. The van der Waals surface area contributed by atoms with Gasteiger partial charge in [0.05, 0.1) is 16.7 Å². The van der Waals surface area contributed by atoms with Crippen LogP contribution >= 0.6 is 15.9 Å². The van der Waals surface area contributed by atoms with E-state index in [0.717, 1.165) is 18.2 Å². The van der Waals surface area contributed by atoms with Crippen molar-refractivity contribution in [3.8, 4) is 0 Å². The quantitative estimate of drug-likeness (QED) is 0.672. The van der Waals surface area contributed by atoms with Crippen LogP contribution in [0.25, 0.3) is 0 Å². The van der Waals surface area contributed by atoms with Crippen LogP contribution in [0.4, 0.5) is 25.8 Å². The van der Waals surface area contributed by atoms with Gasteiger partial charge in [-0.25, -0.2) is 8.78 Å². The van der Waals surface area contributed by atoms with Gasteiger partial charge < -0.3 is 5.32 Å². The first-order valence-electron chi connectivity index (χ1n) is 5.13. The highest BCUT2D eigenvalue weighted by molar-refractivity contribution is 9.10. The largest absolute Gasteiger partial charge is 0.353 e. The lowest BCUT2D eigenvalue weighted by atomic mass is 10.2. The van der Waals surface area contributed by atoms with Crippen molar-refractivity contribution in [2.75, 3.05) is 5.32 Å². The van der Waals surface area contributed by atoms with E-state index < -0.39 is 22.2 Å². The van der Waals surface area contributed by atoms with Gasteiger partial charge in [-0.1, -0.05) is 15.9 Å². The van der Waals surface area contributed by atoms with Gasteiger partial charge in [-0.2, -0.15) is 0 Å². The Bertz CT molecular complexity index is 650. The van der Waals surface area contributed by atoms with E-state index in [9.17, 15) is 18.9 Å². The number of nitrogens with zero attached hydrogens (tertiary/aromatic N) is 1. The van der Waals surface area contributed by atoms with E-state index in [2.05, 4.69) is 21.2 Å². The van der Waals surface area contributed by atoms with E-state index in [-0.39, 0.29) is 11.4 Å². The van der Waals surface area contributed by atoms with Crippen molar-refractivity contribution in [2.24, 2.45) is 0 Å². The second kappa shape index (κ2) is 5.31. The number of nitrogens with one attached hydrogen (secondary N) is 1. The smallest absolute Gasteiger partial charge is 0.274 e. The summed E-state index contributed by atoms with van der Waals surface area (Å²) in [6.07, 6.45) is 0. The van der Waals surface area contributed by atoms with Crippen molar-refractivity contribution >= 4 is 33.0 Å². The number of non-ortho nitro benzene ring substituents is 1. The molecule has 0 bridgehead atoms. The lowest BCUT2D eigenvalue weighted by molar-refractivity contribution is -0.385. The summed E-state index contributed by atoms with van der Waals surface area (Å²) in [4.78, 5) is 9.88. The molecular weight excluding hydrogens is 322 g/mol. The molecule has 2 rings (SSSR count). The average molecular weight is 329 g/mol. The van der Waals surface area contributed by atoms with E-state index in [4.69, 9.17) is 0 Å². The SMILES string of the molecule is O=[N+]([O-])c1cc(F)cc(Nc2ccc(Br)cc2F)c1. The number of hydrogen-bond donors (Lipinski definition) is 1. The Labute approximate surface area is 115 Å². The second-order valence-electron chi connectivity index (χ2n) is 3.70. The summed E-state index contributed by atoms with van der Waals surface area (Å²) >= 11 is 3.11. The predicted octanol–water partition coefficient (Wildman–Crippen LogP) is 4.38. The molecule has 0 aliphatic rings. The molecule has 0 saturated heterocycles. The maximum Gasteiger partial charge on any atom is 0.274 e. The van der Waals surface area contributed by atoms with Crippen LogP contribution in [0.2, 0.25) is 0 Å². The fourth-order valence-electron chi connectivity index (χ4n) is 1.50. The summed E-state index contributed by atoms with van der Waals surface area (Å²) in [5.74, 6) is -1.32. The van der Waals surface area contributed by atoms with Crippen LogP contribution in [-0.4, -0.2) is 4.92 Å². The average Bonchev–Trinajstić information content (AvgIpc) is 2.32. The van der Waals surface area contributed by atoms with Crippen LogP contribution in [0.3, 0.4) is 0 Å². The summed E-state index contributed by atoms with van der Waals surface area (Å²) in [5.41, 5.74) is -0.198. The summed E-state index contributed by atoms with van der Waals surface area (Å²) in [5, 5.41) is 13.2. The Morgan fingerprint density at radius 2 is 1.89 bits per heavy atom. The van der Waals surface area contributed by atoms with Crippen molar-refractivity contribution < 1.29 is 13.7 Å². The fraction of sp³-hybridized carbons (Fsp3) is 0. The molecule has 19 heavy (non-hydrogen) atoms. The predicted molar refractivity (Wildman–Crippen MR) is 70.4 cm³/mol. The van der Waals surface area contributed by atoms with Gasteiger partial charge in [0.2, 0.25) is 0 Å². The van der Waals surface area contributed by atoms with Crippen LogP contribution in [0.5, 0.6) is 0 Å². The number of nitro groups is 1. The third-order valence-electron chi connectivity index (χ3n) is 2.30. The van der Waals surface area contributed by atoms with Gasteiger partial charge >= 0.3 is 0 Å². The Hall–Kier alpha value is -2.02. The molecule has 0 aromatic heterocycles. The molecule has 0 atom stereocenters. The van der Waals surface area contributed by atoms with Gasteiger partial charge in [-0.3, -0.25) is 10.1 Å². The van der Waals surface area contributed by atoms with Crippen LogP contribution in [-0.2, 0) is 0 Å². The third kappa shape index (κ3) is 3.25. The third-order valence-corrected chi connectivity index (χ3v) is 2.80. The van der Waals surface area contributed by atoms with Gasteiger partial charge in [-0.05, 0) is 24.3 Å². The normalized spacial score (nSPS) is 10.3. The maximum atomic E-state index is 13.6. The Morgan fingerprint density at radius 1 is 1.16 bits per heavy atom. The fourth-order valence-corrected chi connectivity index (χ4v) is 1.83. The minimum absolute atomic E-state index is 0.100. The number of rotatable bonds is 3. The summed E-state index contributed by atoms with van der Waals surface area (Å²) in [6.45, 7) is 0. The number of anilines is 2. The maximum absolute atomic E-state index is 13.6. The van der Waals surface area contributed by atoms with Gasteiger partial charge in [0.25, 0.3) is 5.69 Å². The lowest BCUT2D eigenvalue weighted by Crippen LogP contribution is -1.96. The van der Waals surface area contributed by atoms with Crippen molar-refractivity contribution in [2.45, 2.75) is 0 Å². The lowest BCUT2D eigenvalue weighted by Gasteiger charge is -2.08. The standard InChI is InChI=1S/C12H7BrF2N2O2/c13-7-1-2-12(11(15)3-7)16-9-4-8(14)5-10(6-9)17(18)19/h1-6,16H. The van der Waals surface area contributed by atoms with Crippen molar-refractivity contribution in [3.63, 3.8) is 0 Å². The van der Waals surface area contributed by atoms with Crippen LogP contribution in [0.1, 0.15) is 0 Å². The summed E-state index contributed by atoms with van der Waals surface area (Å²) in [7, 11) is 0. The first-order chi connectivity index (χ1) is 8.95. The van der Waals surface area contributed by atoms with E-state index >= 15 is 0 Å². The Morgan fingerprint density at radius 3 is 2.53 bits per heavy atom. The van der Waals surface area contributed by atoms with Crippen molar-refractivity contribution in [1.29, 1.82) is 0 Å². The molecule has 98 valence electrons. The van der Waals surface area contributed by atoms with Crippen LogP contribution in [0.15, 0.2) is 40.9 Å². The zero-order chi connectivity index (χ0) is 14.0. The molecule has 0 heterocycles. The topological polar surface area (TPSA) is 55.2 Å². The van der Waals surface area contributed by atoms with Gasteiger partial charge in [-0.15, -0.1) is 0 Å². The molecule has 7 heteroatoms. The van der Waals surface area contributed by atoms with Crippen LogP contribution < -0.4 is 5.32 Å². The molecule has 2 aromatic carbocycles. The van der Waals surface area contributed by atoms with E-state index in [1.165, 1.54) is 12.1 Å². The Kier molecular flexibility index (Phi) is 3.75. The molecule has 0 unspecified atom stereocenters. The molecule has 1 N–H and O–H groups in total. The monoisotopic (exact) mass is 328 g/mol. The first-order valence-corrected chi connectivity index (χ1v) is 5.92. The minimum atomic E-state index is -0.769. The van der Waals surface area contributed by atoms with E-state index in [1.807, 2.05) is 0 Å². The van der Waals surface area contributed by atoms with Crippen LogP contribution in [0, 0.1) is 21.7 Å². The number of halogens is 3. The molecule has 0 saturated carbocycles. The molecular formula is C12H7BrF2N2O2. The highest BCUT2D eigenvalue weighted by Crippen LogP contribution is 2.26. The van der Waals surface area contributed by atoms with Gasteiger partial charge in [0, 0.05) is 16.2 Å². The minimum Gasteiger partial charge on any atom is -0.353 e. The van der Waals surface area contributed by atoms with E-state index in [1.54, 1.807) is 6.07 Å². The zero-order valence-electron chi connectivity index (χ0n) is 9.36. The van der Waals surface area contributed by atoms with Crippen molar-refractivity contribution in [1.82, 2.24) is 0 Å². The Balaban J connectivity index is 2.35. The highest BCUT2D eigenvalue weighted by atomic mass is 79.9. The second-order valence-corrected chi connectivity index (χ2v) is 4.62. The number of hydrogen-bond acceptors (Lipinski definition) is 3. The first kappa shape index (κ1) is 13.4. The van der Waals surface area contributed by atoms with Crippen molar-refractivity contribution in [3.05, 3.63) is 62.6 Å². The molecule has 2 aromatic rings. The molecule has 4 nitrogen and oxygen atoms in total. The number of nitro benzene ring substituents is 1. The molecule has 0 spiro atoms. The zero-order valence-corrected chi connectivity index (χ0v) is 10.9. The van der Waals surface area contributed by atoms with Gasteiger partial charge in [0.1, 0.15) is 11.6 Å². The van der Waals surface area contributed by atoms with E-state index in [0.29, 0.717) is 4.47 Å². The summed E-state index contributed by atoms with van der Waals surface area (Å²) < 4.78 is 27.3. The molecule has 0 fully saturated rings. The number of benzene rings is 2. The summed E-state index contributed by atoms with van der Waals surface area (Å²) in [6, 6.07) is 7.24. The molecule has 0 amide bonds. The molecule has 0 aliphatic carbocycles.